The lowest BCUT2D eigenvalue weighted by Gasteiger charge is -2.14. The lowest BCUT2D eigenvalue weighted by molar-refractivity contribution is -0.139. The molecule has 0 spiro atoms. The minimum absolute atomic E-state index is 0.0164. The van der Waals surface area contributed by atoms with Crippen molar-refractivity contribution < 1.29 is 24.2 Å². The zero-order valence-corrected chi connectivity index (χ0v) is 19.5. The second kappa shape index (κ2) is 10.8. The highest BCUT2D eigenvalue weighted by Gasteiger charge is 2.29. The van der Waals surface area contributed by atoms with Crippen molar-refractivity contribution in [3.63, 3.8) is 0 Å². The van der Waals surface area contributed by atoms with Gasteiger partial charge in [-0.1, -0.05) is 48.5 Å². The number of rotatable bonds is 9. The Kier molecular flexibility index (Phi) is 7.43. The fraction of sp³-hybridized carbons (Fsp3) is 0.231. The number of nitrogens with zero attached hydrogens (tertiary/aromatic N) is 1. The summed E-state index contributed by atoms with van der Waals surface area (Å²) in [6, 6.07) is 15.1. The molecule has 2 aromatic carbocycles. The first kappa shape index (κ1) is 24.0. The van der Waals surface area contributed by atoms with Gasteiger partial charge in [-0.25, -0.2) is 14.6 Å². The number of ether oxygens (including phenoxy) is 1. The molecule has 1 unspecified atom stereocenters. The number of nitrogens with one attached hydrogen (secondary N) is 2. The van der Waals surface area contributed by atoms with Crippen LogP contribution in [0, 0.1) is 12.3 Å². The topological polar surface area (TPSA) is 118 Å². The van der Waals surface area contributed by atoms with Crippen LogP contribution in [-0.4, -0.2) is 47.3 Å². The maximum Gasteiger partial charge on any atom is 0.407 e. The zero-order chi connectivity index (χ0) is 24.8. The van der Waals surface area contributed by atoms with Crippen molar-refractivity contribution in [3.05, 3.63) is 75.7 Å². The van der Waals surface area contributed by atoms with Gasteiger partial charge in [0.25, 0.3) is 5.91 Å². The highest BCUT2D eigenvalue weighted by molar-refractivity contribution is 7.09. The Hall–Kier alpha value is -4.16. The van der Waals surface area contributed by atoms with Gasteiger partial charge >= 0.3 is 12.1 Å². The van der Waals surface area contributed by atoms with Crippen molar-refractivity contribution in [1.82, 2.24) is 15.6 Å². The SMILES string of the molecule is C#CCC(NC(=O)c1csc(CCNC(=O)OCC2c3ccccc3-c3ccccc32)n1)C(=O)O. The number of amides is 2. The van der Waals surface area contributed by atoms with Crippen molar-refractivity contribution in [2.75, 3.05) is 13.2 Å². The molecular formula is C26H23N3O5S. The van der Waals surface area contributed by atoms with E-state index in [0.717, 1.165) is 22.3 Å². The fourth-order valence-corrected chi connectivity index (χ4v) is 4.78. The largest absolute Gasteiger partial charge is 0.480 e. The highest BCUT2D eigenvalue weighted by atomic mass is 32.1. The number of benzene rings is 2. The van der Waals surface area contributed by atoms with Crippen molar-refractivity contribution in [2.45, 2.75) is 24.8 Å². The van der Waals surface area contributed by atoms with Gasteiger partial charge in [-0.15, -0.1) is 23.7 Å². The molecule has 1 aliphatic rings. The molecule has 0 saturated heterocycles. The van der Waals surface area contributed by atoms with Crippen molar-refractivity contribution in [1.29, 1.82) is 0 Å². The number of carboxylic acids is 1. The van der Waals surface area contributed by atoms with Crippen molar-refractivity contribution in [2.24, 2.45) is 0 Å². The molecule has 3 aromatic rings. The molecule has 178 valence electrons. The van der Waals surface area contributed by atoms with Crippen LogP contribution in [0.4, 0.5) is 4.79 Å². The lowest BCUT2D eigenvalue weighted by atomic mass is 9.98. The summed E-state index contributed by atoms with van der Waals surface area (Å²) < 4.78 is 5.51. The molecule has 0 aliphatic heterocycles. The maximum absolute atomic E-state index is 12.3. The number of fused-ring (bicyclic) bond motifs is 3. The Bertz CT molecular complexity index is 1250. The van der Waals surface area contributed by atoms with Crippen LogP contribution in [0.3, 0.4) is 0 Å². The number of aliphatic carboxylic acids is 1. The average Bonchev–Trinajstić information content (AvgIpc) is 3.45. The van der Waals surface area contributed by atoms with E-state index in [1.54, 1.807) is 0 Å². The monoisotopic (exact) mass is 489 g/mol. The number of alkyl carbamates (subject to hydrolysis) is 1. The molecule has 0 radical (unpaired) electrons. The smallest absolute Gasteiger partial charge is 0.407 e. The third-order valence-electron chi connectivity index (χ3n) is 5.66. The summed E-state index contributed by atoms with van der Waals surface area (Å²) in [4.78, 5) is 39.9. The number of hydrogen-bond acceptors (Lipinski definition) is 6. The van der Waals surface area contributed by atoms with Crippen molar-refractivity contribution >= 4 is 29.3 Å². The molecule has 1 atom stereocenters. The Labute approximate surface area is 206 Å². The molecule has 3 N–H and O–H groups in total. The van der Waals surface area contributed by atoms with E-state index >= 15 is 0 Å². The molecule has 0 saturated carbocycles. The third-order valence-corrected chi connectivity index (χ3v) is 6.57. The van der Waals surface area contributed by atoms with Crippen LogP contribution in [0.5, 0.6) is 0 Å². The molecule has 4 rings (SSSR count). The minimum Gasteiger partial charge on any atom is -0.480 e. The Balaban J connectivity index is 1.26. The van der Waals surface area contributed by atoms with Crippen LogP contribution in [0.2, 0.25) is 0 Å². The van der Waals surface area contributed by atoms with Gasteiger partial charge in [-0.3, -0.25) is 4.79 Å². The van der Waals surface area contributed by atoms with E-state index in [0.29, 0.717) is 11.4 Å². The summed E-state index contributed by atoms with van der Waals surface area (Å²) in [6.07, 6.45) is 4.89. The summed E-state index contributed by atoms with van der Waals surface area (Å²) in [5.74, 6) is 0.385. The van der Waals surface area contributed by atoms with Crippen LogP contribution >= 0.6 is 11.3 Å². The minimum atomic E-state index is -1.21. The fourth-order valence-electron chi connectivity index (χ4n) is 4.00. The second-order valence-corrected chi connectivity index (χ2v) is 8.84. The molecule has 0 bridgehead atoms. The number of carbonyl (C=O) groups excluding carboxylic acids is 2. The Morgan fingerprint density at radius 3 is 2.40 bits per heavy atom. The van der Waals surface area contributed by atoms with Gasteiger partial charge in [-0.2, -0.15) is 0 Å². The third kappa shape index (κ3) is 5.50. The zero-order valence-electron chi connectivity index (χ0n) is 18.7. The van der Waals surface area contributed by atoms with E-state index < -0.39 is 24.0 Å². The van der Waals surface area contributed by atoms with E-state index in [9.17, 15) is 14.4 Å². The summed E-state index contributed by atoms with van der Waals surface area (Å²) >= 11 is 1.24. The lowest BCUT2D eigenvalue weighted by Crippen LogP contribution is -2.40. The van der Waals surface area contributed by atoms with E-state index in [1.165, 1.54) is 16.7 Å². The van der Waals surface area contributed by atoms with Crippen LogP contribution in [0.1, 0.15) is 39.0 Å². The van der Waals surface area contributed by atoms with Crippen LogP contribution in [0.25, 0.3) is 11.1 Å². The molecule has 35 heavy (non-hydrogen) atoms. The van der Waals surface area contributed by atoms with E-state index in [4.69, 9.17) is 16.3 Å². The summed E-state index contributed by atoms with van der Waals surface area (Å²) in [7, 11) is 0. The number of carboxylic acid groups (broad SMARTS) is 1. The summed E-state index contributed by atoms with van der Waals surface area (Å²) in [6.45, 7) is 0.504. The quantitative estimate of drug-likeness (QED) is 0.397. The van der Waals surface area contributed by atoms with Gasteiger partial charge in [0.1, 0.15) is 18.3 Å². The molecular weight excluding hydrogens is 466 g/mol. The molecule has 1 aromatic heterocycles. The summed E-state index contributed by atoms with van der Waals surface area (Å²) in [5, 5.41) is 16.3. The molecule has 8 nitrogen and oxygen atoms in total. The maximum atomic E-state index is 12.3. The predicted octanol–water partition coefficient (Wildman–Crippen LogP) is 3.43. The second-order valence-electron chi connectivity index (χ2n) is 7.90. The molecule has 9 heteroatoms. The van der Waals surface area contributed by atoms with Crippen LogP contribution in [0.15, 0.2) is 53.9 Å². The summed E-state index contributed by atoms with van der Waals surface area (Å²) in [5.41, 5.74) is 4.71. The van der Waals surface area contributed by atoms with Gasteiger partial charge in [0.15, 0.2) is 0 Å². The standard InChI is InChI=1S/C26H23N3O5S/c1-2-7-21(25(31)32)29-24(30)22-15-35-23(28-22)12-13-27-26(33)34-14-20-18-10-5-3-8-16(18)17-9-4-6-11-19(17)20/h1,3-6,8-11,15,20-21H,7,12-14H2,(H,27,33)(H,29,30)(H,31,32). The number of hydrogen-bond donors (Lipinski definition) is 3. The Morgan fingerprint density at radius 2 is 1.77 bits per heavy atom. The Morgan fingerprint density at radius 1 is 1.11 bits per heavy atom. The highest BCUT2D eigenvalue weighted by Crippen LogP contribution is 2.44. The number of terminal acetylenes is 1. The van der Waals surface area contributed by atoms with Crippen LogP contribution in [-0.2, 0) is 16.0 Å². The predicted molar refractivity (Wildman–Crippen MR) is 131 cm³/mol. The first-order chi connectivity index (χ1) is 17.0. The average molecular weight is 490 g/mol. The van der Waals surface area contributed by atoms with E-state index in [1.807, 2.05) is 24.3 Å². The first-order valence-electron chi connectivity index (χ1n) is 11.0. The van der Waals surface area contributed by atoms with Crippen molar-refractivity contribution in [3.8, 4) is 23.5 Å². The molecule has 2 amide bonds. The van der Waals surface area contributed by atoms with Crippen LogP contribution < -0.4 is 10.6 Å². The molecule has 1 aliphatic carbocycles. The van der Waals surface area contributed by atoms with E-state index in [-0.39, 0.29) is 31.2 Å². The normalized spacial score (nSPS) is 12.7. The van der Waals surface area contributed by atoms with Gasteiger partial charge in [0.2, 0.25) is 0 Å². The number of thiazole rings is 1. The van der Waals surface area contributed by atoms with Gasteiger partial charge in [-0.05, 0) is 22.3 Å². The first-order valence-corrected chi connectivity index (χ1v) is 11.9. The number of aromatic nitrogens is 1. The molecule has 0 fully saturated rings. The number of carbonyl (C=O) groups is 3. The van der Waals surface area contributed by atoms with Gasteiger partial charge in [0, 0.05) is 30.7 Å². The van der Waals surface area contributed by atoms with Gasteiger partial charge in [0.05, 0.1) is 5.01 Å². The molecule has 1 heterocycles. The van der Waals surface area contributed by atoms with Gasteiger partial charge < -0.3 is 20.5 Å². The van der Waals surface area contributed by atoms with E-state index in [2.05, 4.69) is 45.8 Å².